The molecule has 2 aromatic carbocycles. The van der Waals surface area contributed by atoms with Crippen LogP contribution in [0.5, 0.6) is 0 Å². The number of hydrogen-bond donors (Lipinski definition) is 1. The van der Waals surface area contributed by atoms with Crippen LogP contribution < -0.4 is 5.32 Å². The molecule has 0 aliphatic rings. The van der Waals surface area contributed by atoms with E-state index in [2.05, 4.69) is 43.8 Å². The molecule has 2 aromatic rings. The molecule has 1 N–H and O–H groups in total. The molecular weight excluding hydrogens is 459 g/mol. The quantitative estimate of drug-likeness (QED) is 0.587. The number of benzene rings is 2. The number of aryl methyl sites for hydroxylation is 1. The van der Waals surface area contributed by atoms with Crippen LogP contribution >= 0.6 is 50.1 Å². The largest absolute Gasteiger partial charge is 0.322 e. The highest BCUT2D eigenvalue weighted by atomic mass is 127. The normalized spacial score (nSPS) is 10.4. The summed E-state index contributed by atoms with van der Waals surface area (Å²) in [4.78, 5) is 12.1. The van der Waals surface area contributed by atoms with Gasteiger partial charge >= 0.3 is 0 Å². The minimum Gasteiger partial charge on any atom is -0.322 e. The van der Waals surface area contributed by atoms with Crippen molar-refractivity contribution in [3.63, 3.8) is 0 Å². The van der Waals surface area contributed by atoms with E-state index in [9.17, 15) is 9.18 Å². The van der Waals surface area contributed by atoms with Crippen molar-refractivity contribution in [1.82, 2.24) is 0 Å². The van der Waals surface area contributed by atoms with Gasteiger partial charge in [0.2, 0.25) is 0 Å². The maximum Gasteiger partial charge on any atom is 0.255 e. The number of rotatable bonds is 2. The Kier molecular flexibility index (Phi) is 5.04. The van der Waals surface area contributed by atoms with Crippen LogP contribution in [0.1, 0.15) is 15.9 Å². The molecule has 0 radical (unpaired) electrons. The van der Waals surface area contributed by atoms with Gasteiger partial charge in [0.05, 0.1) is 9.50 Å². The summed E-state index contributed by atoms with van der Waals surface area (Å²) in [6, 6.07) is 7.92. The Bertz CT molecular complexity index is 693. The summed E-state index contributed by atoms with van der Waals surface area (Å²) in [5.74, 6) is -0.750. The van der Waals surface area contributed by atoms with Gasteiger partial charge in [-0.2, -0.15) is 0 Å². The zero-order valence-corrected chi connectivity index (χ0v) is 14.8. The summed E-state index contributed by atoms with van der Waals surface area (Å²) in [5.41, 5.74) is 1.63. The van der Waals surface area contributed by atoms with E-state index in [1.807, 2.05) is 0 Å². The molecule has 2 rings (SSSR count). The maximum atomic E-state index is 13.5. The fourth-order valence-corrected chi connectivity index (χ4v) is 2.59. The lowest BCUT2D eigenvalue weighted by Crippen LogP contribution is -2.13. The number of anilines is 1. The van der Waals surface area contributed by atoms with E-state index in [1.165, 1.54) is 6.07 Å². The van der Waals surface area contributed by atoms with E-state index < -0.39 is 5.82 Å². The van der Waals surface area contributed by atoms with Crippen molar-refractivity contribution in [1.29, 1.82) is 0 Å². The predicted molar refractivity (Wildman–Crippen MR) is 91.0 cm³/mol. The Morgan fingerprint density at radius 1 is 1.35 bits per heavy atom. The van der Waals surface area contributed by atoms with Gasteiger partial charge in [-0.1, -0.05) is 11.6 Å². The fraction of sp³-hybridized carbons (Fsp3) is 0.0714. The third-order valence-electron chi connectivity index (χ3n) is 2.70. The number of carbonyl (C=O) groups excluding carboxylic acids is 1. The standard InChI is InChI=1S/C14H9BrClFINO/c1-7-4-9(15)11(17)6-13(7)19-14(20)8-2-3-12(18)10(16)5-8/h2-6H,1H3,(H,19,20). The van der Waals surface area contributed by atoms with Gasteiger partial charge in [0, 0.05) is 14.8 Å². The molecule has 0 spiro atoms. The van der Waals surface area contributed by atoms with Crippen molar-refractivity contribution in [3.05, 3.63) is 60.3 Å². The van der Waals surface area contributed by atoms with Gasteiger partial charge in [-0.25, -0.2) is 4.39 Å². The minimum absolute atomic E-state index is 0.326. The third-order valence-corrected chi connectivity index (χ3v) is 4.88. The highest BCUT2D eigenvalue weighted by Gasteiger charge is 2.11. The molecule has 20 heavy (non-hydrogen) atoms. The van der Waals surface area contributed by atoms with Gasteiger partial charge in [0.15, 0.2) is 0 Å². The molecule has 0 saturated carbocycles. The zero-order chi connectivity index (χ0) is 14.9. The first-order valence-corrected chi connectivity index (χ1v) is 7.85. The van der Waals surface area contributed by atoms with E-state index in [1.54, 1.807) is 31.2 Å². The molecule has 0 atom stereocenters. The average molecular weight is 468 g/mol. The van der Waals surface area contributed by atoms with Crippen LogP contribution in [0.4, 0.5) is 10.1 Å². The number of carbonyl (C=O) groups is 1. The van der Waals surface area contributed by atoms with Crippen molar-refractivity contribution in [2.24, 2.45) is 0 Å². The van der Waals surface area contributed by atoms with Crippen LogP contribution in [0.3, 0.4) is 0 Å². The summed E-state index contributed by atoms with van der Waals surface area (Å²) in [6.45, 7) is 1.79. The van der Waals surface area contributed by atoms with Crippen molar-refractivity contribution >= 4 is 61.7 Å². The van der Waals surface area contributed by atoms with Crippen LogP contribution in [0.2, 0.25) is 5.02 Å². The Balaban J connectivity index is 2.27. The Morgan fingerprint density at radius 3 is 2.70 bits per heavy atom. The number of hydrogen-bond acceptors (Lipinski definition) is 1. The monoisotopic (exact) mass is 467 g/mol. The van der Waals surface area contributed by atoms with Crippen LogP contribution in [0, 0.1) is 16.3 Å². The first kappa shape index (κ1) is 15.7. The fourth-order valence-electron chi connectivity index (χ4n) is 1.61. The van der Waals surface area contributed by atoms with E-state index in [0.29, 0.717) is 20.7 Å². The molecule has 0 aromatic heterocycles. The second-order valence-electron chi connectivity index (χ2n) is 4.16. The van der Waals surface area contributed by atoms with Gasteiger partial charge in [-0.15, -0.1) is 0 Å². The highest BCUT2D eigenvalue weighted by molar-refractivity contribution is 14.1. The molecule has 2 nitrogen and oxygen atoms in total. The average Bonchev–Trinajstić information content (AvgIpc) is 2.39. The van der Waals surface area contributed by atoms with Gasteiger partial charge in [-0.3, -0.25) is 4.79 Å². The molecule has 0 aliphatic carbocycles. The van der Waals surface area contributed by atoms with E-state index in [-0.39, 0.29) is 5.91 Å². The Hall–Kier alpha value is -0.660. The lowest BCUT2D eigenvalue weighted by atomic mass is 10.1. The number of amides is 1. The molecule has 0 aliphatic heterocycles. The summed E-state index contributed by atoms with van der Waals surface area (Å²) >= 11 is 11.2. The summed E-state index contributed by atoms with van der Waals surface area (Å²) in [5, 5.41) is 3.19. The summed E-state index contributed by atoms with van der Waals surface area (Å²) < 4.78 is 14.7. The van der Waals surface area contributed by atoms with Crippen LogP contribution in [0.25, 0.3) is 0 Å². The molecule has 0 fully saturated rings. The van der Waals surface area contributed by atoms with Crippen molar-refractivity contribution in [3.8, 4) is 0 Å². The molecule has 0 unspecified atom stereocenters. The van der Waals surface area contributed by atoms with Crippen LogP contribution in [0.15, 0.2) is 34.8 Å². The summed E-state index contributed by atoms with van der Waals surface area (Å²) in [7, 11) is 0. The second kappa shape index (κ2) is 6.41. The molecule has 0 heterocycles. The summed E-state index contributed by atoms with van der Waals surface area (Å²) in [6.07, 6.45) is 0. The molecule has 6 heteroatoms. The van der Waals surface area contributed by atoms with Gasteiger partial charge in [-0.05, 0) is 81.3 Å². The van der Waals surface area contributed by atoms with Gasteiger partial charge in [0.1, 0.15) is 5.82 Å². The first-order chi connectivity index (χ1) is 9.38. The Morgan fingerprint density at radius 2 is 2.05 bits per heavy atom. The SMILES string of the molecule is Cc1cc(Br)c(F)cc1NC(=O)c1ccc(I)c(Cl)c1. The topological polar surface area (TPSA) is 29.1 Å². The zero-order valence-electron chi connectivity index (χ0n) is 10.3. The smallest absolute Gasteiger partial charge is 0.255 e. The minimum atomic E-state index is -0.424. The highest BCUT2D eigenvalue weighted by Crippen LogP contribution is 2.25. The lowest BCUT2D eigenvalue weighted by molar-refractivity contribution is 0.102. The van der Waals surface area contributed by atoms with E-state index >= 15 is 0 Å². The molecular formula is C14H9BrClFINO. The lowest BCUT2D eigenvalue weighted by Gasteiger charge is -2.10. The molecule has 0 bridgehead atoms. The van der Waals surface area contributed by atoms with Crippen molar-refractivity contribution in [2.75, 3.05) is 5.32 Å². The van der Waals surface area contributed by atoms with Crippen LogP contribution in [-0.4, -0.2) is 5.91 Å². The second-order valence-corrected chi connectivity index (χ2v) is 6.59. The van der Waals surface area contributed by atoms with Crippen molar-refractivity contribution in [2.45, 2.75) is 6.92 Å². The van der Waals surface area contributed by atoms with E-state index in [0.717, 1.165) is 9.13 Å². The molecule has 0 saturated heterocycles. The predicted octanol–water partition coefficient (Wildman–Crippen LogP) is 5.41. The van der Waals surface area contributed by atoms with Crippen molar-refractivity contribution < 1.29 is 9.18 Å². The van der Waals surface area contributed by atoms with E-state index in [4.69, 9.17) is 11.6 Å². The number of halogens is 4. The molecule has 104 valence electrons. The van der Waals surface area contributed by atoms with Crippen LogP contribution in [-0.2, 0) is 0 Å². The maximum absolute atomic E-state index is 13.5. The first-order valence-electron chi connectivity index (χ1n) is 5.60. The third kappa shape index (κ3) is 3.51. The van der Waals surface area contributed by atoms with Gasteiger partial charge < -0.3 is 5.32 Å². The Labute approximate surface area is 143 Å². The number of nitrogens with one attached hydrogen (secondary N) is 1. The molecule has 1 amide bonds. The van der Waals surface area contributed by atoms with Gasteiger partial charge in [0.25, 0.3) is 5.91 Å².